The Hall–Kier alpha value is -1.06. The molecule has 0 aromatic carbocycles. The second-order valence-electron chi connectivity index (χ2n) is 10.4. The molecule has 0 aromatic rings. The minimum Gasteiger partial charge on any atom is -0.475 e. The van der Waals surface area contributed by atoms with E-state index >= 15 is 0 Å². The molecule has 0 saturated carbocycles. The van der Waals surface area contributed by atoms with Gasteiger partial charge in [-0.15, -0.1) is 0 Å². The lowest BCUT2D eigenvalue weighted by molar-refractivity contribution is -0.365. The number of unbranched alkanes of at least 4 members (excludes halogenated alkanes) is 20. The lowest BCUT2D eigenvalue weighted by Gasteiger charge is -2.35. The van der Waals surface area contributed by atoms with E-state index in [2.05, 4.69) is 6.92 Å². The fourth-order valence-corrected chi connectivity index (χ4v) is 4.52. The first kappa shape index (κ1) is 34.9. The Morgan fingerprint density at radius 1 is 0.556 bits per heavy atom. The van der Waals surface area contributed by atoms with Crippen molar-refractivity contribution in [3.63, 3.8) is 0 Å². The van der Waals surface area contributed by atoms with Crippen molar-refractivity contribution in [3.8, 4) is 0 Å². The fourth-order valence-electron chi connectivity index (χ4n) is 4.52. The maximum Gasteiger partial charge on any atom is 0.378 e. The van der Waals surface area contributed by atoms with E-state index in [1.165, 1.54) is 103 Å². The largest absolute Gasteiger partial charge is 0.475 e. The van der Waals surface area contributed by atoms with E-state index < -0.39 is 29.4 Å². The number of hydrogen-bond donors (Lipinski definition) is 6. The van der Waals surface area contributed by atoms with Crippen molar-refractivity contribution < 1.29 is 40.2 Å². The van der Waals surface area contributed by atoms with Crippen LogP contribution in [0.25, 0.3) is 0 Å². The monoisotopic (exact) mass is 518 g/mol. The van der Waals surface area contributed by atoms with Gasteiger partial charge in [0.1, 0.15) is 6.10 Å². The van der Waals surface area contributed by atoms with Gasteiger partial charge < -0.3 is 30.6 Å². The predicted octanol–water partition coefficient (Wildman–Crippen LogP) is 4.96. The predicted molar refractivity (Wildman–Crippen MR) is 140 cm³/mol. The molecule has 0 aromatic heterocycles. The van der Waals surface area contributed by atoms with Gasteiger partial charge in [-0.2, -0.15) is 0 Å². The first-order chi connectivity index (χ1) is 17.1. The molecule has 0 rings (SSSR count). The summed E-state index contributed by atoms with van der Waals surface area (Å²) < 4.78 is 0. The van der Waals surface area contributed by atoms with Gasteiger partial charge in [0, 0.05) is 0 Å². The first-order valence-corrected chi connectivity index (χ1v) is 14.4. The van der Waals surface area contributed by atoms with Crippen LogP contribution in [0.1, 0.15) is 148 Å². The molecule has 36 heavy (non-hydrogen) atoms. The molecule has 8 heteroatoms. The molecule has 6 N–H and O–H groups in total. The molecule has 8 nitrogen and oxygen atoms in total. The zero-order valence-electron chi connectivity index (χ0n) is 22.6. The van der Waals surface area contributed by atoms with Crippen LogP contribution >= 0.6 is 0 Å². The molecule has 1 unspecified atom stereocenters. The summed E-state index contributed by atoms with van der Waals surface area (Å²) in [5.74, 6) is -12.1. The maximum absolute atomic E-state index is 11.2. The Morgan fingerprint density at radius 2 is 0.833 bits per heavy atom. The van der Waals surface area contributed by atoms with Crippen LogP contribution in [0.15, 0.2) is 0 Å². The molecule has 214 valence electrons. The van der Waals surface area contributed by atoms with Gasteiger partial charge in [0.2, 0.25) is 0 Å². The van der Waals surface area contributed by atoms with Crippen molar-refractivity contribution in [2.24, 2.45) is 0 Å². The molecular weight excluding hydrogens is 464 g/mol. The van der Waals surface area contributed by atoms with E-state index in [4.69, 9.17) is 5.11 Å². The van der Waals surface area contributed by atoms with Crippen LogP contribution in [-0.4, -0.2) is 60.1 Å². The van der Waals surface area contributed by atoms with Crippen LogP contribution < -0.4 is 0 Å². The average molecular weight is 519 g/mol. The molecule has 0 heterocycles. The number of ketones is 1. The smallest absolute Gasteiger partial charge is 0.378 e. The van der Waals surface area contributed by atoms with E-state index in [0.29, 0.717) is 12.8 Å². The van der Waals surface area contributed by atoms with Crippen molar-refractivity contribution in [3.05, 3.63) is 0 Å². The van der Waals surface area contributed by atoms with Gasteiger partial charge in [0.15, 0.2) is 0 Å². The third kappa shape index (κ3) is 15.3. The highest BCUT2D eigenvalue weighted by atomic mass is 16.6. The van der Waals surface area contributed by atoms with E-state index in [0.717, 1.165) is 19.3 Å². The van der Waals surface area contributed by atoms with Gasteiger partial charge >= 0.3 is 11.8 Å². The van der Waals surface area contributed by atoms with Gasteiger partial charge in [0.05, 0.1) is 0 Å². The summed E-state index contributed by atoms with van der Waals surface area (Å²) in [5, 5.41) is 56.8. The third-order valence-electron chi connectivity index (χ3n) is 7.07. The molecule has 0 aliphatic heterocycles. The van der Waals surface area contributed by atoms with Gasteiger partial charge in [0.25, 0.3) is 11.6 Å². The first-order valence-electron chi connectivity index (χ1n) is 14.4. The molecule has 0 spiro atoms. The van der Waals surface area contributed by atoms with E-state index in [-0.39, 0.29) is 6.42 Å². The van der Waals surface area contributed by atoms with Crippen molar-refractivity contribution in [2.45, 2.75) is 166 Å². The maximum atomic E-state index is 11.2. The Kier molecular flexibility index (Phi) is 20.3. The summed E-state index contributed by atoms with van der Waals surface area (Å²) in [4.78, 5) is 21.8. The standard InChI is InChI=1S/C28H54O8/c1-2-3-4-5-6-7-8-9-10-11-12-13-14-15-16-17-18-19-20-21-22-23-24(29)27(33,34)28(35,36)25(30)26(31)32/h24,29,33-36H,2-23H2,1H3,(H,31,32). The van der Waals surface area contributed by atoms with Crippen molar-refractivity contribution in [1.29, 1.82) is 0 Å². The molecule has 0 aliphatic rings. The highest BCUT2D eigenvalue weighted by Crippen LogP contribution is 2.26. The minimum absolute atomic E-state index is 0.207. The molecule has 0 amide bonds. The average Bonchev–Trinajstić information content (AvgIpc) is 2.83. The van der Waals surface area contributed by atoms with Crippen LogP contribution in [0.5, 0.6) is 0 Å². The summed E-state index contributed by atoms with van der Waals surface area (Å²) in [6, 6.07) is 0. The normalized spacial score (nSPS) is 13.2. The summed E-state index contributed by atoms with van der Waals surface area (Å²) in [5.41, 5.74) is 0. The lowest BCUT2D eigenvalue weighted by atomic mass is 9.92. The highest BCUT2D eigenvalue weighted by Gasteiger charge is 2.59. The zero-order chi connectivity index (χ0) is 27.3. The van der Waals surface area contributed by atoms with Crippen LogP contribution in [0.2, 0.25) is 0 Å². The number of carbonyl (C=O) groups excluding carboxylic acids is 1. The number of aliphatic hydroxyl groups is 5. The van der Waals surface area contributed by atoms with Crippen LogP contribution in [0.3, 0.4) is 0 Å². The Morgan fingerprint density at radius 3 is 1.11 bits per heavy atom. The Labute approximate surface area is 218 Å². The van der Waals surface area contributed by atoms with Crippen LogP contribution in [0.4, 0.5) is 0 Å². The number of hydrogen-bond acceptors (Lipinski definition) is 7. The molecule has 0 saturated heterocycles. The zero-order valence-corrected chi connectivity index (χ0v) is 22.6. The number of aliphatic carboxylic acids is 1. The SMILES string of the molecule is CCCCCCCCCCCCCCCCCCCCCCCC(O)C(O)(O)C(O)(O)C(=O)C(=O)O. The lowest BCUT2D eigenvalue weighted by Crippen LogP contribution is -2.66. The van der Waals surface area contributed by atoms with Crippen LogP contribution in [-0.2, 0) is 9.59 Å². The van der Waals surface area contributed by atoms with Crippen molar-refractivity contribution in [1.82, 2.24) is 0 Å². The van der Waals surface area contributed by atoms with Crippen molar-refractivity contribution >= 4 is 11.8 Å². The van der Waals surface area contributed by atoms with Gasteiger partial charge in [-0.05, 0) is 6.42 Å². The number of carbonyl (C=O) groups is 2. The van der Waals surface area contributed by atoms with Gasteiger partial charge in [-0.25, -0.2) is 4.79 Å². The van der Waals surface area contributed by atoms with E-state index in [9.17, 15) is 35.1 Å². The Bertz CT molecular complexity index is 562. The summed E-state index contributed by atoms with van der Waals surface area (Å²) in [6.45, 7) is 2.26. The van der Waals surface area contributed by atoms with E-state index in [1.807, 2.05) is 0 Å². The summed E-state index contributed by atoms with van der Waals surface area (Å²) in [7, 11) is 0. The molecule has 0 fully saturated rings. The number of rotatable bonds is 26. The molecule has 0 aliphatic carbocycles. The quantitative estimate of drug-likeness (QED) is 0.0533. The van der Waals surface area contributed by atoms with Gasteiger partial charge in [-0.3, -0.25) is 4.79 Å². The van der Waals surface area contributed by atoms with Crippen LogP contribution in [0, 0.1) is 0 Å². The highest BCUT2D eigenvalue weighted by molar-refractivity contribution is 6.35. The van der Waals surface area contributed by atoms with E-state index in [1.54, 1.807) is 0 Å². The minimum atomic E-state index is -3.99. The fraction of sp³-hybridized carbons (Fsp3) is 0.929. The number of Topliss-reactive ketones (excluding diaryl/α,β-unsaturated/α-hetero) is 1. The molecule has 0 bridgehead atoms. The second kappa shape index (κ2) is 20.9. The summed E-state index contributed by atoms with van der Waals surface area (Å²) in [6.07, 6.45) is 23.4. The van der Waals surface area contributed by atoms with Crippen molar-refractivity contribution in [2.75, 3.05) is 0 Å². The number of carboxylic acid groups (broad SMARTS) is 1. The molecule has 1 atom stereocenters. The second-order valence-corrected chi connectivity index (χ2v) is 10.4. The third-order valence-corrected chi connectivity index (χ3v) is 7.07. The Balaban J connectivity index is 3.53. The number of carboxylic acids is 1. The molecule has 0 radical (unpaired) electrons. The topological polar surface area (TPSA) is 156 Å². The number of aliphatic hydroxyl groups excluding tert-OH is 1. The van der Waals surface area contributed by atoms with Gasteiger partial charge in [-0.1, -0.05) is 142 Å². The summed E-state index contributed by atoms with van der Waals surface area (Å²) >= 11 is 0. The molecular formula is C28H54O8.